The summed E-state index contributed by atoms with van der Waals surface area (Å²) in [5, 5.41) is 2.85. The Hall–Kier alpha value is -2.95. The van der Waals surface area contributed by atoms with E-state index in [1.807, 2.05) is 0 Å². The number of aromatic nitrogens is 2. The van der Waals surface area contributed by atoms with Crippen molar-refractivity contribution in [3.63, 3.8) is 0 Å². The molecule has 1 aromatic heterocycles. The average Bonchev–Trinajstić information content (AvgIpc) is 3.06. The van der Waals surface area contributed by atoms with Gasteiger partial charge in [0.1, 0.15) is 23.0 Å². The van der Waals surface area contributed by atoms with Crippen LogP contribution in [0.4, 0.5) is 26.0 Å². The summed E-state index contributed by atoms with van der Waals surface area (Å²) < 4.78 is 27.7. The second-order valence-corrected chi connectivity index (χ2v) is 8.20. The molecule has 0 radical (unpaired) electrons. The van der Waals surface area contributed by atoms with E-state index in [0.717, 1.165) is 25.6 Å². The number of halogens is 3. The zero-order chi connectivity index (χ0) is 21.5. The predicted octanol–water partition coefficient (Wildman–Crippen LogP) is 4.58. The molecule has 3 N–H and O–H groups in total. The minimum atomic E-state index is -0.895. The molecule has 5 nitrogen and oxygen atoms in total. The number of likely N-dealkylation sites (tertiary alicyclic amines) is 1. The molecule has 1 aliphatic heterocycles. The Kier molecular flexibility index (Phi) is 5.22. The Morgan fingerprint density at radius 3 is 2.80 bits per heavy atom. The lowest BCUT2D eigenvalue weighted by Crippen LogP contribution is -2.20. The van der Waals surface area contributed by atoms with E-state index in [9.17, 15) is 8.78 Å². The average molecular weight is 428 g/mol. The zero-order valence-corrected chi connectivity index (χ0v) is 17.3. The van der Waals surface area contributed by atoms with Crippen LogP contribution in [0.2, 0.25) is 5.02 Å². The summed E-state index contributed by atoms with van der Waals surface area (Å²) in [5.41, 5.74) is 7.92. The summed E-state index contributed by atoms with van der Waals surface area (Å²) in [5.74, 6) is 5.16. The highest BCUT2D eigenvalue weighted by atomic mass is 35.5. The molecule has 1 unspecified atom stereocenters. The molecular weight excluding hydrogens is 408 g/mol. The van der Waals surface area contributed by atoms with Crippen molar-refractivity contribution >= 4 is 39.7 Å². The number of rotatable bonds is 2. The van der Waals surface area contributed by atoms with Crippen molar-refractivity contribution in [2.75, 3.05) is 31.2 Å². The molecule has 0 aliphatic carbocycles. The van der Waals surface area contributed by atoms with Gasteiger partial charge in [0, 0.05) is 28.6 Å². The van der Waals surface area contributed by atoms with Crippen molar-refractivity contribution in [1.82, 2.24) is 14.9 Å². The summed E-state index contributed by atoms with van der Waals surface area (Å²) in [6.07, 6.45) is 2.36. The highest BCUT2D eigenvalue weighted by molar-refractivity contribution is 6.31. The smallest absolute Gasteiger partial charge is 0.168 e. The summed E-state index contributed by atoms with van der Waals surface area (Å²) in [7, 11) is 2.08. The maximum Gasteiger partial charge on any atom is 0.168 e. The van der Waals surface area contributed by atoms with Crippen molar-refractivity contribution in [2.24, 2.45) is 5.41 Å². The second kappa shape index (κ2) is 7.71. The van der Waals surface area contributed by atoms with Crippen LogP contribution in [-0.4, -0.2) is 35.0 Å². The molecule has 1 fully saturated rings. The summed E-state index contributed by atoms with van der Waals surface area (Å²) in [6, 6.07) is 5.83. The van der Waals surface area contributed by atoms with Crippen LogP contribution in [0.25, 0.3) is 10.9 Å². The van der Waals surface area contributed by atoms with Gasteiger partial charge in [-0.1, -0.05) is 23.4 Å². The van der Waals surface area contributed by atoms with Gasteiger partial charge in [0.2, 0.25) is 0 Å². The first-order valence-electron chi connectivity index (χ1n) is 9.42. The van der Waals surface area contributed by atoms with E-state index >= 15 is 0 Å². The molecule has 0 bridgehead atoms. The largest absolute Gasteiger partial charge is 0.398 e. The van der Waals surface area contributed by atoms with E-state index in [-0.39, 0.29) is 11.1 Å². The van der Waals surface area contributed by atoms with Crippen LogP contribution >= 0.6 is 11.6 Å². The molecule has 0 spiro atoms. The third kappa shape index (κ3) is 3.89. The van der Waals surface area contributed by atoms with Gasteiger partial charge in [-0.25, -0.2) is 18.7 Å². The Morgan fingerprint density at radius 1 is 1.27 bits per heavy atom. The third-order valence-corrected chi connectivity index (χ3v) is 5.60. The molecule has 8 heteroatoms. The van der Waals surface area contributed by atoms with Gasteiger partial charge in [0.15, 0.2) is 5.82 Å². The maximum atomic E-state index is 14.3. The first-order valence-corrected chi connectivity index (χ1v) is 9.80. The van der Waals surface area contributed by atoms with Crippen molar-refractivity contribution in [3.05, 3.63) is 52.8 Å². The van der Waals surface area contributed by atoms with E-state index in [1.54, 1.807) is 12.1 Å². The van der Waals surface area contributed by atoms with Crippen molar-refractivity contribution in [2.45, 2.75) is 13.3 Å². The van der Waals surface area contributed by atoms with Gasteiger partial charge in [0.25, 0.3) is 0 Å². The van der Waals surface area contributed by atoms with Gasteiger partial charge in [-0.3, -0.25) is 0 Å². The Bertz CT molecular complexity index is 1200. The molecule has 2 aromatic carbocycles. The van der Waals surface area contributed by atoms with Gasteiger partial charge in [0.05, 0.1) is 11.2 Å². The van der Waals surface area contributed by atoms with Crippen molar-refractivity contribution in [1.29, 1.82) is 0 Å². The number of nitrogen functional groups attached to an aromatic ring is 1. The fraction of sp³-hybridized carbons (Fsp3) is 0.273. The molecule has 2 heterocycles. The van der Waals surface area contributed by atoms with Crippen LogP contribution in [0.1, 0.15) is 18.9 Å². The van der Waals surface area contributed by atoms with Crippen LogP contribution in [-0.2, 0) is 0 Å². The number of nitrogens with two attached hydrogens (primary N) is 1. The van der Waals surface area contributed by atoms with Gasteiger partial charge in [-0.2, -0.15) is 0 Å². The Morgan fingerprint density at radius 2 is 2.07 bits per heavy atom. The molecule has 1 saturated heterocycles. The Labute approximate surface area is 178 Å². The number of hydrogen-bond acceptors (Lipinski definition) is 5. The molecule has 4 rings (SSSR count). The van der Waals surface area contributed by atoms with Crippen molar-refractivity contribution in [3.8, 4) is 11.8 Å². The van der Waals surface area contributed by atoms with E-state index in [1.165, 1.54) is 12.4 Å². The van der Waals surface area contributed by atoms with Crippen LogP contribution in [0, 0.1) is 28.9 Å². The highest BCUT2D eigenvalue weighted by Crippen LogP contribution is 2.32. The predicted molar refractivity (Wildman–Crippen MR) is 116 cm³/mol. The quantitative estimate of drug-likeness (QED) is 0.356. The van der Waals surface area contributed by atoms with Crippen LogP contribution < -0.4 is 11.1 Å². The molecule has 3 aromatic rings. The lowest BCUT2D eigenvalue weighted by Gasteiger charge is -2.15. The molecule has 0 amide bonds. The van der Waals surface area contributed by atoms with Gasteiger partial charge >= 0.3 is 0 Å². The number of anilines is 3. The zero-order valence-electron chi connectivity index (χ0n) is 16.6. The summed E-state index contributed by atoms with van der Waals surface area (Å²) >= 11 is 5.66. The van der Waals surface area contributed by atoms with E-state index in [0.29, 0.717) is 28.0 Å². The number of fused-ring (bicyclic) bond motifs is 1. The Balaban J connectivity index is 1.70. The third-order valence-electron chi connectivity index (χ3n) is 5.26. The lowest BCUT2D eigenvalue weighted by molar-refractivity contribution is 0.373. The molecule has 1 aliphatic rings. The monoisotopic (exact) mass is 427 g/mol. The van der Waals surface area contributed by atoms with Gasteiger partial charge in [-0.15, -0.1) is 0 Å². The van der Waals surface area contributed by atoms with Crippen LogP contribution in [0.3, 0.4) is 0 Å². The number of nitrogens with zero attached hydrogens (tertiary/aromatic N) is 3. The van der Waals surface area contributed by atoms with Crippen molar-refractivity contribution < 1.29 is 8.78 Å². The topological polar surface area (TPSA) is 67.1 Å². The van der Waals surface area contributed by atoms with E-state index in [4.69, 9.17) is 17.3 Å². The SMILES string of the molecule is CN1CCC(C)(C#Cc2cc3ncnc(Nc4ccc(F)c(Cl)c4F)c3cc2N)C1. The van der Waals surface area contributed by atoms with Gasteiger partial charge in [-0.05, 0) is 51.2 Å². The first kappa shape index (κ1) is 20.3. The summed E-state index contributed by atoms with van der Waals surface area (Å²) in [6.45, 7) is 4.08. The van der Waals surface area contributed by atoms with Gasteiger partial charge < -0.3 is 16.0 Å². The van der Waals surface area contributed by atoms with Crippen LogP contribution in [0.5, 0.6) is 0 Å². The number of nitrogens with one attached hydrogen (secondary N) is 1. The molecule has 154 valence electrons. The lowest BCUT2D eigenvalue weighted by atomic mass is 9.90. The molecular formula is C22H20ClF2N5. The highest BCUT2D eigenvalue weighted by Gasteiger charge is 2.29. The molecule has 0 saturated carbocycles. The van der Waals surface area contributed by atoms with E-state index in [2.05, 4.69) is 46.0 Å². The first-order chi connectivity index (χ1) is 14.3. The minimum Gasteiger partial charge on any atom is -0.398 e. The number of hydrogen-bond donors (Lipinski definition) is 2. The second-order valence-electron chi connectivity index (χ2n) is 7.83. The number of benzene rings is 2. The fourth-order valence-corrected chi connectivity index (χ4v) is 3.75. The summed E-state index contributed by atoms with van der Waals surface area (Å²) in [4.78, 5) is 10.7. The standard InChI is InChI=1S/C22H20ClF2N5/c1-22(7-8-30(2)11-22)6-5-13-9-18-14(10-16(13)26)21(28-12-27-18)29-17-4-3-15(24)19(23)20(17)25/h3-4,9-10,12H,7-8,11,26H2,1-2H3,(H,27,28,29). The van der Waals surface area contributed by atoms with E-state index < -0.39 is 16.7 Å². The molecule has 1 atom stereocenters. The molecule has 30 heavy (non-hydrogen) atoms. The van der Waals surface area contributed by atoms with Crippen LogP contribution in [0.15, 0.2) is 30.6 Å². The normalized spacial score (nSPS) is 19.0. The fourth-order valence-electron chi connectivity index (χ4n) is 3.59. The maximum absolute atomic E-state index is 14.3. The minimum absolute atomic E-state index is 0.00196.